The van der Waals surface area contributed by atoms with Crippen molar-refractivity contribution < 1.29 is 4.39 Å². The Kier molecular flexibility index (Phi) is 3.84. The first kappa shape index (κ1) is 10.9. The van der Waals surface area contributed by atoms with Gasteiger partial charge in [0.15, 0.2) is 0 Å². The highest BCUT2D eigenvalue weighted by Gasteiger charge is 2.00. The predicted molar refractivity (Wildman–Crippen MR) is 57.6 cm³/mol. The van der Waals surface area contributed by atoms with Crippen LogP contribution < -0.4 is 5.32 Å². The molecule has 1 aromatic carbocycles. The van der Waals surface area contributed by atoms with E-state index in [1.54, 1.807) is 13.0 Å². The molecule has 0 aliphatic carbocycles. The van der Waals surface area contributed by atoms with Crippen LogP contribution in [0.15, 0.2) is 30.9 Å². The molecule has 2 heteroatoms. The Morgan fingerprint density at radius 2 is 2.29 bits per heavy atom. The van der Waals surface area contributed by atoms with Crippen molar-refractivity contribution in [3.63, 3.8) is 0 Å². The second kappa shape index (κ2) is 4.91. The molecular formula is C12H16FN. The summed E-state index contributed by atoms with van der Waals surface area (Å²) in [5.74, 6) is -0.148. The quantitative estimate of drug-likeness (QED) is 0.725. The molecule has 0 heterocycles. The van der Waals surface area contributed by atoms with Crippen molar-refractivity contribution in [3.8, 4) is 0 Å². The molecule has 1 N–H and O–H groups in total. The molecule has 0 saturated carbocycles. The Balaban J connectivity index is 2.59. The minimum atomic E-state index is -0.148. The lowest BCUT2D eigenvalue weighted by Crippen LogP contribution is -2.22. The normalized spacial score (nSPS) is 12.5. The van der Waals surface area contributed by atoms with E-state index in [-0.39, 0.29) is 11.9 Å². The Bertz CT molecular complexity index is 320. The van der Waals surface area contributed by atoms with Crippen LogP contribution in [-0.4, -0.2) is 6.04 Å². The number of halogens is 1. The van der Waals surface area contributed by atoms with Gasteiger partial charge in [-0.25, -0.2) is 4.39 Å². The number of nitrogens with one attached hydrogen (secondary N) is 1. The highest BCUT2D eigenvalue weighted by Crippen LogP contribution is 2.09. The number of hydrogen-bond acceptors (Lipinski definition) is 1. The molecule has 0 aliphatic rings. The summed E-state index contributed by atoms with van der Waals surface area (Å²) >= 11 is 0. The maximum atomic E-state index is 12.9. The van der Waals surface area contributed by atoms with Crippen LogP contribution in [0.2, 0.25) is 0 Å². The van der Waals surface area contributed by atoms with Crippen molar-refractivity contribution in [2.24, 2.45) is 0 Å². The van der Waals surface area contributed by atoms with Gasteiger partial charge < -0.3 is 5.32 Å². The Morgan fingerprint density at radius 3 is 2.86 bits per heavy atom. The van der Waals surface area contributed by atoms with Crippen molar-refractivity contribution in [2.75, 3.05) is 0 Å². The SMILES string of the molecule is C=CC(C)NCc1ccc(F)c(C)c1. The molecule has 0 spiro atoms. The second-order valence-corrected chi connectivity index (χ2v) is 3.49. The van der Waals surface area contributed by atoms with E-state index in [0.29, 0.717) is 5.56 Å². The van der Waals surface area contributed by atoms with Gasteiger partial charge in [0.2, 0.25) is 0 Å². The minimum Gasteiger partial charge on any atom is -0.307 e. The Morgan fingerprint density at radius 1 is 1.57 bits per heavy atom. The van der Waals surface area contributed by atoms with Crippen LogP contribution in [0.5, 0.6) is 0 Å². The third-order valence-corrected chi connectivity index (χ3v) is 2.20. The van der Waals surface area contributed by atoms with Crippen LogP contribution in [-0.2, 0) is 6.54 Å². The zero-order chi connectivity index (χ0) is 10.6. The van der Waals surface area contributed by atoms with Crippen molar-refractivity contribution in [2.45, 2.75) is 26.4 Å². The third kappa shape index (κ3) is 2.96. The highest BCUT2D eigenvalue weighted by molar-refractivity contribution is 5.23. The summed E-state index contributed by atoms with van der Waals surface area (Å²) in [6.07, 6.45) is 1.84. The lowest BCUT2D eigenvalue weighted by molar-refractivity contribution is 0.610. The Labute approximate surface area is 84.6 Å². The van der Waals surface area contributed by atoms with Gasteiger partial charge in [0.1, 0.15) is 5.82 Å². The zero-order valence-electron chi connectivity index (χ0n) is 8.68. The molecule has 1 atom stereocenters. The number of aryl methyl sites for hydroxylation is 1. The first-order chi connectivity index (χ1) is 6.63. The molecule has 76 valence electrons. The van der Waals surface area contributed by atoms with Gasteiger partial charge in [-0.2, -0.15) is 0 Å². The van der Waals surface area contributed by atoms with Gasteiger partial charge in [-0.05, 0) is 31.0 Å². The lowest BCUT2D eigenvalue weighted by Gasteiger charge is -2.09. The molecule has 0 amide bonds. The monoisotopic (exact) mass is 193 g/mol. The summed E-state index contributed by atoms with van der Waals surface area (Å²) in [6, 6.07) is 5.44. The molecule has 0 fully saturated rings. The van der Waals surface area contributed by atoms with Gasteiger partial charge in [-0.15, -0.1) is 6.58 Å². The Hall–Kier alpha value is -1.15. The largest absolute Gasteiger partial charge is 0.307 e. The molecule has 1 rings (SSSR count). The first-order valence-electron chi connectivity index (χ1n) is 4.74. The van der Waals surface area contributed by atoms with E-state index in [1.807, 2.05) is 19.1 Å². The molecule has 14 heavy (non-hydrogen) atoms. The standard InChI is InChI=1S/C12H16FN/c1-4-10(3)14-8-11-5-6-12(13)9(2)7-11/h4-7,10,14H,1,8H2,2-3H3. The second-order valence-electron chi connectivity index (χ2n) is 3.49. The third-order valence-electron chi connectivity index (χ3n) is 2.20. The van der Waals surface area contributed by atoms with Crippen molar-refractivity contribution in [1.29, 1.82) is 0 Å². The average Bonchev–Trinajstić information content (AvgIpc) is 2.19. The van der Waals surface area contributed by atoms with E-state index in [0.717, 1.165) is 12.1 Å². The summed E-state index contributed by atoms with van der Waals surface area (Å²) < 4.78 is 12.9. The fourth-order valence-corrected chi connectivity index (χ4v) is 1.18. The van der Waals surface area contributed by atoms with Crippen molar-refractivity contribution in [1.82, 2.24) is 5.32 Å². The van der Waals surface area contributed by atoms with Gasteiger partial charge in [0, 0.05) is 12.6 Å². The summed E-state index contributed by atoms with van der Waals surface area (Å²) in [5, 5.41) is 3.25. The van der Waals surface area contributed by atoms with E-state index >= 15 is 0 Å². The van der Waals surface area contributed by atoms with E-state index < -0.39 is 0 Å². The maximum Gasteiger partial charge on any atom is 0.126 e. The van der Waals surface area contributed by atoms with Gasteiger partial charge in [-0.3, -0.25) is 0 Å². The molecule has 1 unspecified atom stereocenters. The van der Waals surface area contributed by atoms with Crippen molar-refractivity contribution >= 4 is 0 Å². The smallest absolute Gasteiger partial charge is 0.126 e. The molecule has 1 aromatic rings. The zero-order valence-corrected chi connectivity index (χ0v) is 8.68. The van der Waals surface area contributed by atoms with Crippen LogP contribution in [0.25, 0.3) is 0 Å². The van der Waals surface area contributed by atoms with Crippen LogP contribution in [0.4, 0.5) is 4.39 Å². The maximum absolute atomic E-state index is 12.9. The minimum absolute atomic E-state index is 0.148. The fraction of sp³-hybridized carbons (Fsp3) is 0.333. The van der Waals surface area contributed by atoms with E-state index in [4.69, 9.17) is 0 Å². The average molecular weight is 193 g/mol. The van der Waals surface area contributed by atoms with Gasteiger partial charge in [0.25, 0.3) is 0 Å². The van der Waals surface area contributed by atoms with Crippen LogP contribution in [0, 0.1) is 12.7 Å². The predicted octanol–water partition coefficient (Wildman–Crippen LogP) is 2.80. The van der Waals surface area contributed by atoms with Crippen molar-refractivity contribution in [3.05, 3.63) is 47.8 Å². The van der Waals surface area contributed by atoms with Gasteiger partial charge >= 0.3 is 0 Å². The van der Waals surface area contributed by atoms with E-state index in [1.165, 1.54) is 6.07 Å². The van der Waals surface area contributed by atoms with E-state index in [2.05, 4.69) is 11.9 Å². The number of benzene rings is 1. The van der Waals surface area contributed by atoms with Crippen LogP contribution in [0.1, 0.15) is 18.1 Å². The summed E-state index contributed by atoms with van der Waals surface area (Å²) in [5.41, 5.74) is 1.79. The topological polar surface area (TPSA) is 12.0 Å². The molecule has 0 bridgehead atoms. The van der Waals surface area contributed by atoms with Crippen LogP contribution in [0.3, 0.4) is 0 Å². The summed E-state index contributed by atoms with van der Waals surface area (Å²) in [4.78, 5) is 0. The molecule has 0 aliphatic heterocycles. The first-order valence-corrected chi connectivity index (χ1v) is 4.74. The van der Waals surface area contributed by atoms with Gasteiger partial charge in [-0.1, -0.05) is 18.2 Å². The number of rotatable bonds is 4. The van der Waals surface area contributed by atoms with Crippen LogP contribution >= 0.6 is 0 Å². The summed E-state index contributed by atoms with van der Waals surface area (Å²) in [7, 11) is 0. The molecule has 0 aromatic heterocycles. The van der Waals surface area contributed by atoms with E-state index in [9.17, 15) is 4.39 Å². The molecule has 0 radical (unpaired) electrons. The fourth-order valence-electron chi connectivity index (χ4n) is 1.18. The molecular weight excluding hydrogens is 177 g/mol. The summed E-state index contributed by atoms with van der Waals surface area (Å²) in [6.45, 7) is 8.23. The van der Waals surface area contributed by atoms with Gasteiger partial charge in [0.05, 0.1) is 0 Å². The molecule has 0 saturated heterocycles. The lowest BCUT2D eigenvalue weighted by atomic mass is 10.1. The molecule has 1 nitrogen and oxygen atoms in total. The number of hydrogen-bond donors (Lipinski definition) is 1. The highest BCUT2D eigenvalue weighted by atomic mass is 19.1.